The summed E-state index contributed by atoms with van der Waals surface area (Å²) in [5.41, 5.74) is 2.74. The molecule has 2 rings (SSSR count). The lowest BCUT2D eigenvalue weighted by atomic mass is 10.0. The van der Waals surface area contributed by atoms with E-state index in [1.165, 1.54) is 0 Å². The number of aryl methyl sites for hydroxylation is 1. The molecule has 0 aliphatic heterocycles. The van der Waals surface area contributed by atoms with Crippen LogP contribution in [0.25, 0.3) is 0 Å². The van der Waals surface area contributed by atoms with Crippen molar-refractivity contribution in [2.75, 3.05) is 6.61 Å². The lowest BCUT2D eigenvalue weighted by Gasteiger charge is -2.14. The molecule has 0 amide bonds. The third-order valence-corrected chi connectivity index (χ3v) is 3.87. The van der Waals surface area contributed by atoms with Gasteiger partial charge in [0.25, 0.3) is 0 Å². The summed E-state index contributed by atoms with van der Waals surface area (Å²) >= 11 is 0. The minimum atomic E-state index is -0.481. The molecule has 0 aliphatic carbocycles. The van der Waals surface area contributed by atoms with Gasteiger partial charge < -0.3 is 9.47 Å². The van der Waals surface area contributed by atoms with Crippen LogP contribution in [0.15, 0.2) is 42.5 Å². The molecule has 0 atom stereocenters. The van der Waals surface area contributed by atoms with Gasteiger partial charge in [0.1, 0.15) is 11.5 Å². The molecule has 0 saturated carbocycles. The van der Waals surface area contributed by atoms with Gasteiger partial charge in [0, 0.05) is 12.0 Å². The topological polar surface area (TPSA) is 52.6 Å². The second-order valence-corrected chi connectivity index (χ2v) is 6.26. The number of Topliss-reactive ketones (excluding diaryl/α,β-unsaturated/α-hetero) is 1. The van der Waals surface area contributed by atoms with Crippen molar-refractivity contribution in [1.82, 2.24) is 0 Å². The van der Waals surface area contributed by atoms with Crippen molar-refractivity contribution in [2.45, 2.75) is 40.0 Å². The van der Waals surface area contributed by atoms with E-state index >= 15 is 0 Å². The molecule has 0 bridgehead atoms. The van der Waals surface area contributed by atoms with Gasteiger partial charge in [-0.3, -0.25) is 4.79 Å². The predicted octanol–water partition coefficient (Wildman–Crippen LogP) is 4.70. The van der Waals surface area contributed by atoms with E-state index in [0.29, 0.717) is 29.4 Å². The fraction of sp³-hybridized carbons (Fsp3) is 0.333. The summed E-state index contributed by atoms with van der Waals surface area (Å²) in [7, 11) is 0. The van der Waals surface area contributed by atoms with E-state index in [-0.39, 0.29) is 12.4 Å². The summed E-state index contributed by atoms with van der Waals surface area (Å²) in [5.74, 6) is 0.980. The Morgan fingerprint density at radius 2 is 1.72 bits per heavy atom. The highest BCUT2D eigenvalue weighted by atomic mass is 16.6. The van der Waals surface area contributed by atoms with Crippen LogP contribution in [-0.2, 0) is 4.79 Å². The maximum atomic E-state index is 12.0. The maximum Gasteiger partial charge on any atom is 0.349 e. The largest absolute Gasteiger partial charge is 0.482 e. The van der Waals surface area contributed by atoms with Gasteiger partial charge in [-0.2, -0.15) is 0 Å². The van der Waals surface area contributed by atoms with Crippen LogP contribution >= 0.6 is 0 Å². The third kappa shape index (κ3) is 5.18. The zero-order chi connectivity index (χ0) is 18.4. The molecular formula is C21H24O4. The van der Waals surface area contributed by atoms with Gasteiger partial charge >= 0.3 is 5.97 Å². The van der Waals surface area contributed by atoms with Crippen molar-refractivity contribution < 1.29 is 19.1 Å². The Balaban J connectivity index is 1.97. The molecule has 0 N–H and O–H groups in total. The van der Waals surface area contributed by atoms with Crippen molar-refractivity contribution in [3.05, 3.63) is 59.2 Å². The van der Waals surface area contributed by atoms with Gasteiger partial charge in [-0.25, -0.2) is 4.79 Å². The van der Waals surface area contributed by atoms with Crippen LogP contribution < -0.4 is 9.47 Å². The average molecular weight is 340 g/mol. The molecule has 132 valence electrons. The molecule has 0 aromatic heterocycles. The van der Waals surface area contributed by atoms with Gasteiger partial charge in [0.2, 0.25) is 0 Å². The second-order valence-electron chi connectivity index (χ2n) is 6.26. The molecule has 0 spiro atoms. The van der Waals surface area contributed by atoms with Crippen molar-refractivity contribution >= 4 is 11.8 Å². The summed E-state index contributed by atoms with van der Waals surface area (Å²) in [4.78, 5) is 23.6. The van der Waals surface area contributed by atoms with Crippen molar-refractivity contribution in [2.24, 2.45) is 0 Å². The van der Waals surface area contributed by atoms with E-state index in [2.05, 4.69) is 13.8 Å². The lowest BCUT2D eigenvalue weighted by Crippen LogP contribution is -2.18. The summed E-state index contributed by atoms with van der Waals surface area (Å²) in [6.07, 6.45) is 0.446. The molecule has 4 heteroatoms. The maximum absolute atomic E-state index is 12.0. The standard InChI is InChI=1S/C21H24O4/c1-5-19(22)16-7-9-17(10-8-16)25-21(23)13-24-20-12-15(4)6-11-18(20)14(2)3/h6-12,14H,5,13H2,1-4H3. The highest BCUT2D eigenvalue weighted by molar-refractivity contribution is 5.95. The zero-order valence-corrected chi connectivity index (χ0v) is 15.2. The normalized spacial score (nSPS) is 10.6. The number of carbonyl (C=O) groups excluding carboxylic acids is 2. The average Bonchev–Trinajstić information content (AvgIpc) is 2.59. The number of hydrogen-bond acceptors (Lipinski definition) is 4. The number of ether oxygens (including phenoxy) is 2. The minimum Gasteiger partial charge on any atom is -0.482 e. The lowest BCUT2D eigenvalue weighted by molar-refractivity contribution is -0.136. The van der Waals surface area contributed by atoms with E-state index in [4.69, 9.17) is 9.47 Å². The van der Waals surface area contributed by atoms with Gasteiger partial charge in [0.05, 0.1) is 0 Å². The Kier molecular flexibility index (Phi) is 6.34. The van der Waals surface area contributed by atoms with Gasteiger partial charge in [-0.1, -0.05) is 32.9 Å². The summed E-state index contributed by atoms with van der Waals surface area (Å²) in [5, 5.41) is 0. The summed E-state index contributed by atoms with van der Waals surface area (Å²) < 4.78 is 10.9. The van der Waals surface area contributed by atoms with Gasteiger partial charge in [0.15, 0.2) is 12.4 Å². The van der Waals surface area contributed by atoms with Crippen LogP contribution in [0.4, 0.5) is 0 Å². The fourth-order valence-electron chi connectivity index (χ4n) is 2.45. The number of rotatable bonds is 7. The SMILES string of the molecule is CCC(=O)c1ccc(OC(=O)COc2cc(C)ccc2C(C)C)cc1. The van der Waals surface area contributed by atoms with E-state index in [9.17, 15) is 9.59 Å². The fourth-order valence-corrected chi connectivity index (χ4v) is 2.45. The monoisotopic (exact) mass is 340 g/mol. The first kappa shape index (κ1) is 18.7. The number of hydrogen-bond donors (Lipinski definition) is 0. The Hall–Kier alpha value is -2.62. The molecule has 0 radical (unpaired) electrons. The molecule has 25 heavy (non-hydrogen) atoms. The van der Waals surface area contributed by atoms with E-state index in [1.807, 2.05) is 32.0 Å². The molecule has 0 fully saturated rings. The molecular weight excluding hydrogens is 316 g/mol. The number of carbonyl (C=O) groups is 2. The minimum absolute atomic E-state index is 0.0573. The Labute approximate surface area is 148 Å². The van der Waals surface area contributed by atoms with Crippen molar-refractivity contribution in [1.29, 1.82) is 0 Å². The Bertz CT molecular complexity index is 745. The highest BCUT2D eigenvalue weighted by Gasteiger charge is 2.12. The summed E-state index contributed by atoms with van der Waals surface area (Å²) in [6, 6.07) is 12.5. The van der Waals surface area contributed by atoms with Crippen molar-refractivity contribution in [3.8, 4) is 11.5 Å². The first-order valence-electron chi connectivity index (χ1n) is 8.48. The van der Waals surface area contributed by atoms with Crippen LogP contribution in [0.2, 0.25) is 0 Å². The molecule has 2 aromatic carbocycles. The predicted molar refractivity (Wildman–Crippen MR) is 97.5 cm³/mol. The highest BCUT2D eigenvalue weighted by Crippen LogP contribution is 2.27. The number of benzene rings is 2. The quantitative estimate of drug-likeness (QED) is 0.417. The number of esters is 1. The van der Waals surface area contributed by atoms with Crippen LogP contribution in [0, 0.1) is 6.92 Å². The van der Waals surface area contributed by atoms with E-state index < -0.39 is 5.97 Å². The Morgan fingerprint density at radius 3 is 2.32 bits per heavy atom. The molecule has 2 aromatic rings. The van der Waals surface area contributed by atoms with Crippen LogP contribution in [0.5, 0.6) is 11.5 Å². The molecule has 0 saturated heterocycles. The van der Waals surface area contributed by atoms with E-state index in [1.54, 1.807) is 24.3 Å². The molecule has 0 heterocycles. The van der Waals surface area contributed by atoms with Crippen molar-refractivity contribution in [3.63, 3.8) is 0 Å². The van der Waals surface area contributed by atoms with Gasteiger partial charge in [-0.05, 0) is 54.3 Å². The zero-order valence-electron chi connectivity index (χ0n) is 15.2. The first-order valence-corrected chi connectivity index (χ1v) is 8.48. The molecule has 0 unspecified atom stereocenters. The van der Waals surface area contributed by atoms with Crippen LogP contribution in [0.3, 0.4) is 0 Å². The number of ketones is 1. The molecule has 4 nitrogen and oxygen atoms in total. The second kappa shape index (κ2) is 8.47. The third-order valence-electron chi connectivity index (χ3n) is 3.87. The molecule has 0 aliphatic rings. The van der Waals surface area contributed by atoms with Crippen LogP contribution in [0.1, 0.15) is 54.6 Å². The Morgan fingerprint density at radius 1 is 1.04 bits per heavy atom. The van der Waals surface area contributed by atoms with Gasteiger partial charge in [-0.15, -0.1) is 0 Å². The van der Waals surface area contributed by atoms with E-state index in [0.717, 1.165) is 11.1 Å². The summed E-state index contributed by atoms with van der Waals surface area (Å²) in [6.45, 7) is 7.78. The smallest absolute Gasteiger partial charge is 0.349 e. The van der Waals surface area contributed by atoms with Crippen LogP contribution in [-0.4, -0.2) is 18.4 Å². The first-order chi connectivity index (χ1) is 11.9.